The van der Waals surface area contributed by atoms with Crippen molar-refractivity contribution in [3.8, 4) is 5.75 Å². The van der Waals surface area contributed by atoms with E-state index in [4.69, 9.17) is 9.47 Å². The normalized spacial score (nSPS) is 20.4. The molecular weight excluding hydrogens is 504 g/mol. The minimum absolute atomic E-state index is 0.279. The van der Waals surface area contributed by atoms with Crippen molar-refractivity contribution in [2.45, 2.75) is 19.1 Å². The van der Waals surface area contributed by atoms with Gasteiger partial charge in [0.05, 0.1) is 25.5 Å². The van der Waals surface area contributed by atoms with Gasteiger partial charge in [-0.3, -0.25) is 14.6 Å². The zero-order chi connectivity index (χ0) is 24.1. The first-order valence-electron chi connectivity index (χ1n) is 11.4. The van der Waals surface area contributed by atoms with Crippen LogP contribution in [0.5, 0.6) is 5.75 Å². The summed E-state index contributed by atoms with van der Waals surface area (Å²) in [5, 5.41) is 17.5. The third kappa shape index (κ3) is 5.05. The van der Waals surface area contributed by atoms with Crippen LogP contribution in [0.3, 0.4) is 0 Å². The molecule has 2 aromatic rings. The SMILES string of the molecule is CCOc1ccc(N2C(=O)Nc3ccc(Br)cc3[C@]2(O)C(=O)NCCCN2CCOCC2)cc1. The molecule has 0 unspecified atom stereocenters. The topological polar surface area (TPSA) is 103 Å². The van der Waals surface area contributed by atoms with Gasteiger partial charge in [0.1, 0.15) is 5.75 Å². The van der Waals surface area contributed by atoms with Crippen molar-refractivity contribution < 1.29 is 24.2 Å². The molecule has 2 aliphatic rings. The van der Waals surface area contributed by atoms with Crippen molar-refractivity contribution in [3.63, 3.8) is 0 Å². The highest BCUT2D eigenvalue weighted by atomic mass is 79.9. The second kappa shape index (κ2) is 10.7. The largest absolute Gasteiger partial charge is 0.494 e. The minimum Gasteiger partial charge on any atom is -0.494 e. The number of halogens is 1. The second-order valence-corrected chi connectivity index (χ2v) is 9.03. The molecule has 0 radical (unpaired) electrons. The quantitative estimate of drug-likeness (QED) is 0.451. The summed E-state index contributed by atoms with van der Waals surface area (Å²) in [5.74, 6) is -0.0412. The van der Waals surface area contributed by atoms with Crippen LogP contribution in [0.15, 0.2) is 46.9 Å². The van der Waals surface area contributed by atoms with Crippen molar-refractivity contribution in [3.05, 3.63) is 52.5 Å². The maximum Gasteiger partial charge on any atom is 0.329 e. The van der Waals surface area contributed by atoms with Crippen LogP contribution in [0, 0.1) is 0 Å². The lowest BCUT2D eigenvalue weighted by Crippen LogP contribution is -2.62. The van der Waals surface area contributed by atoms with Gasteiger partial charge in [-0.15, -0.1) is 0 Å². The van der Waals surface area contributed by atoms with E-state index in [-0.39, 0.29) is 5.56 Å². The van der Waals surface area contributed by atoms with Gasteiger partial charge in [-0.2, -0.15) is 0 Å². The summed E-state index contributed by atoms with van der Waals surface area (Å²) in [7, 11) is 0. The van der Waals surface area contributed by atoms with Crippen LogP contribution in [-0.4, -0.2) is 67.9 Å². The Balaban J connectivity index is 1.59. The highest BCUT2D eigenvalue weighted by Gasteiger charge is 2.52. The molecule has 4 rings (SSSR count). The van der Waals surface area contributed by atoms with Crippen LogP contribution in [0.4, 0.5) is 16.2 Å². The first kappa shape index (κ1) is 24.5. The first-order chi connectivity index (χ1) is 16.4. The van der Waals surface area contributed by atoms with Crippen molar-refractivity contribution in [2.75, 3.05) is 56.2 Å². The molecule has 0 aromatic heterocycles. The molecule has 3 N–H and O–H groups in total. The molecule has 1 saturated heterocycles. The molecule has 0 spiro atoms. The summed E-state index contributed by atoms with van der Waals surface area (Å²) >= 11 is 3.41. The molecule has 2 heterocycles. The maximum absolute atomic E-state index is 13.5. The fraction of sp³-hybridized carbons (Fsp3) is 0.417. The smallest absolute Gasteiger partial charge is 0.329 e. The van der Waals surface area contributed by atoms with E-state index in [9.17, 15) is 14.7 Å². The predicted octanol–water partition coefficient (Wildman–Crippen LogP) is 2.88. The van der Waals surface area contributed by atoms with Crippen LogP contribution in [0.2, 0.25) is 0 Å². The Morgan fingerprint density at radius 3 is 2.68 bits per heavy atom. The Morgan fingerprint density at radius 2 is 1.97 bits per heavy atom. The number of ether oxygens (including phenoxy) is 2. The van der Waals surface area contributed by atoms with E-state index in [1.54, 1.807) is 42.5 Å². The van der Waals surface area contributed by atoms with E-state index in [1.165, 1.54) is 0 Å². The molecular formula is C24H29BrN4O5. The van der Waals surface area contributed by atoms with Crippen molar-refractivity contribution >= 4 is 39.2 Å². The molecule has 34 heavy (non-hydrogen) atoms. The van der Waals surface area contributed by atoms with Crippen molar-refractivity contribution in [1.29, 1.82) is 0 Å². The molecule has 2 aromatic carbocycles. The monoisotopic (exact) mass is 532 g/mol. The van der Waals surface area contributed by atoms with Gasteiger partial charge in [0, 0.05) is 35.4 Å². The molecule has 9 nitrogen and oxygen atoms in total. The summed E-state index contributed by atoms with van der Waals surface area (Å²) in [6.07, 6.45) is 0.711. The van der Waals surface area contributed by atoms with E-state index in [1.807, 2.05) is 6.92 Å². The van der Waals surface area contributed by atoms with Gasteiger partial charge in [-0.1, -0.05) is 15.9 Å². The summed E-state index contributed by atoms with van der Waals surface area (Å²) in [5.41, 5.74) is -1.23. The van der Waals surface area contributed by atoms with Gasteiger partial charge in [0.2, 0.25) is 0 Å². The van der Waals surface area contributed by atoms with Gasteiger partial charge in [0.25, 0.3) is 11.6 Å². The third-order valence-corrected chi connectivity index (χ3v) is 6.38. The number of aliphatic hydroxyl groups is 1. The zero-order valence-electron chi connectivity index (χ0n) is 19.1. The van der Waals surface area contributed by atoms with Crippen LogP contribution < -0.4 is 20.3 Å². The van der Waals surface area contributed by atoms with Gasteiger partial charge >= 0.3 is 6.03 Å². The van der Waals surface area contributed by atoms with Crippen LogP contribution >= 0.6 is 15.9 Å². The average molecular weight is 533 g/mol. The number of anilines is 2. The lowest BCUT2D eigenvalue weighted by atomic mass is 9.94. The number of nitrogens with one attached hydrogen (secondary N) is 2. The molecule has 10 heteroatoms. The van der Waals surface area contributed by atoms with Gasteiger partial charge in [-0.25, -0.2) is 4.79 Å². The fourth-order valence-corrected chi connectivity index (χ4v) is 4.55. The second-order valence-electron chi connectivity index (χ2n) is 8.12. The standard InChI is InChI=1S/C24H29BrN4O5/c1-2-34-19-7-5-18(6-8-19)29-23(31)27-21-9-4-17(25)16-20(21)24(29,32)22(30)26-10-3-11-28-12-14-33-15-13-28/h4-9,16,32H,2-3,10-15H2,1H3,(H,26,30)(H,27,31)/t24-/m0/s1. The summed E-state index contributed by atoms with van der Waals surface area (Å²) in [6.45, 7) is 6.71. The molecule has 0 saturated carbocycles. The predicted molar refractivity (Wildman–Crippen MR) is 132 cm³/mol. The highest BCUT2D eigenvalue weighted by molar-refractivity contribution is 9.10. The fourth-order valence-electron chi connectivity index (χ4n) is 4.19. The maximum atomic E-state index is 13.5. The number of carbonyl (C=O) groups excluding carboxylic acids is 2. The number of benzene rings is 2. The molecule has 0 bridgehead atoms. The summed E-state index contributed by atoms with van der Waals surface area (Å²) in [6, 6.07) is 11.1. The number of morpholine rings is 1. The summed E-state index contributed by atoms with van der Waals surface area (Å²) < 4.78 is 11.5. The number of hydrogen-bond acceptors (Lipinski definition) is 6. The van der Waals surface area contributed by atoms with E-state index in [0.717, 1.165) is 24.5 Å². The highest BCUT2D eigenvalue weighted by Crippen LogP contribution is 2.41. The van der Waals surface area contributed by atoms with Crippen LogP contribution in [-0.2, 0) is 15.3 Å². The number of nitrogens with zero attached hydrogens (tertiary/aromatic N) is 2. The minimum atomic E-state index is -2.24. The lowest BCUT2D eigenvalue weighted by Gasteiger charge is -2.42. The van der Waals surface area contributed by atoms with Crippen molar-refractivity contribution in [1.82, 2.24) is 10.2 Å². The molecule has 3 amide bonds. The Hall–Kier alpha value is -2.66. The molecule has 1 fully saturated rings. The number of carbonyl (C=O) groups is 2. The first-order valence-corrected chi connectivity index (χ1v) is 12.2. The number of rotatable bonds is 8. The molecule has 0 aliphatic carbocycles. The Labute approximate surface area is 207 Å². The zero-order valence-corrected chi connectivity index (χ0v) is 20.6. The molecule has 1 atom stereocenters. The molecule has 182 valence electrons. The van der Waals surface area contributed by atoms with Gasteiger partial charge < -0.3 is 25.2 Å². The Bertz CT molecular complexity index is 1030. The third-order valence-electron chi connectivity index (χ3n) is 5.89. The number of hydrogen-bond donors (Lipinski definition) is 3. The number of amides is 3. The number of fused-ring (bicyclic) bond motifs is 1. The Kier molecular flexibility index (Phi) is 7.72. The van der Waals surface area contributed by atoms with E-state index in [2.05, 4.69) is 31.5 Å². The van der Waals surface area contributed by atoms with Crippen LogP contribution in [0.1, 0.15) is 18.9 Å². The molecule has 2 aliphatic heterocycles. The van der Waals surface area contributed by atoms with Gasteiger partial charge in [-0.05, 0) is 62.4 Å². The summed E-state index contributed by atoms with van der Waals surface area (Å²) in [4.78, 5) is 30.0. The van der Waals surface area contributed by atoms with E-state index in [0.29, 0.717) is 54.4 Å². The van der Waals surface area contributed by atoms with Crippen molar-refractivity contribution in [2.24, 2.45) is 0 Å². The lowest BCUT2D eigenvalue weighted by molar-refractivity contribution is -0.140. The van der Waals surface area contributed by atoms with E-state index < -0.39 is 17.7 Å². The van der Waals surface area contributed by atoms with Crippen LogP contribution in [0.25, 0.3) is 0 Å². The Morgan fingerprint density at radius 1 is 1.24 bits per heavy atom. The van der Waals surface area contributed by atoms with E-state index >= 15 is 0 Å². The number of urea groups is 1. The van der Waals surface area contributed by atoms with Gasteiger partial charge in [0.15, 0.2) is 0 Å². The average Bonchev–Trinajstić information content (AvgIpc) is 2.84.